The maximum absolute atomic E-state index is 12.1. The van der Waals surface area contributed by atoms with Crippen molar-refractivity contribution in [3.8, 4) is 0 Å². The molecule has 19 heavy (non-hydrogen) atoms. The average Bonchev–Trinajstić information content (AvgIpc) is 2.64. The summed E-state index contributed by atoms with van der Waals surface area (Å²) in [5.74, 6) is -2.55. The van der Waals surface area contributed by atoms with Gasteiger partial charge in [-0.05, 0) is 18.6 Å². The molecule has 6 heteroatoms. The Bertz CT molecular complexity index is 531. The number of hydrogen-bond acceptors (Lipinski definition) is 4. The molecule has 0 aromatic heterocycles. The fourth-order valence-electron chi connectivity index (χ4n) is 2.08. The number of nitrogens with zero attached hydrogens (tertiary/aromatic N) is 1. The van der Waals surface area contributed by atoms with Crippen molar-refractivity contribution in [2.75, 3.05) is 0 Å². The van der Waals surface area contributed by atoms with Gasteiger partial charge in [0.05, 0.1) is 11.1 Å². The Balaban J connectivity index is 2.36. The van der Waals surface area contributed by atoms with Gasteiger partial charge in [0.15, 0.2) is 0 Å². The molecule has 1 heterocycles. The zero-order valence-electron chi connectivity index (χ0n) is 9.91. The molecular formula is C13H11NO5. The lowest BCUT2D eigenvalue weighted by Gasteiger charge is -2.21. The van der Waals surface area contributed by atoms with Gasteiger partial charge in [-0.1, -0.05) is 12.1 Å². The first-order valence-corrected chi connectivity index (χ1v) is 5.71. The molecule has 0 radical (unpaired) electrons. The largest absolute Gasteiger partial charge is 0.480 e. The lowest BCUT2D eigenvalue weighted by atomic mass is 10.1. The molecule has 0 aliphatic carbocycles. The monoisotopic (exact) mass is 261 g/mol. The number of rotatable bonds is 5. The van der Waals surface area contributed by atoms with Crippen LogP contribution in [0.1, 0.15) is 33.6 Å². The van der Waals surface area contributed by atoms with Gasteiger partial charge >= 0.3 is 5.97 Å². The molecule has 98 valence electrons. The highest BCUT2D eigenvalue weighted by atomic mass is 16.4. The third-order valence-corrected chi connectivity index (χ3v) is 2.98. The van der Waals surface area contributed by atoms with Crippen LogP contribution in [-0.2, 0) is 9.59 Å². The third kappa shape index (κ3) is 2.12. The van der Waals surface area contributed by atoms with E-state index in [0.29, 0.717) is 6.29 Å². The van der Waals surface area contributed by atoms with Crippen molar-refractivity contribution in [2.45, 2.75) is 18.9 Å². The first kappa shape index (κ1) is 12.9. The SMILES string of the molecule is O=CCCC(C(=O)O)N1C(=O)c2ccccc2C1=O. The normalized spacial score (nSPS) is 15.3. The van der Waals surface area contributed by atoms with Crippen LogP contribution in [0.4, 0.5) is 0 Å². The minimum absolute atomic E-state index is 0.0234. The molecular weight excluding hydrogens is 250 g/mol. The van der Waals surface area contributed by atoms with Crippen molar-refractivity contribution in [1.82, 2.24) is 4.90 Å². The summed E-state index contributed by atoms with van der Waals surface area (Å²) in [5.41, 5.74) is 0.398. The van der Waals surface area contributed by atoms with E-state index in [2.05, 4.69) is 0 Å². The maximum atomic E-state index is 12.1. The zero-order valence-corrected chi connectivity index (χ0v) is 9.91. The molecule has 2 rings (SSSR count). The summed E-state index contributed by atoms with van der Waals surface area (Å²) in [6.07, 6.45) is 0.461. The smallest absolute Gasteiger partial charge is 0.326 e. The topological polar surface area (TPSA) is 91.8 Å². The number of carbonyl (C=O) groups excluding carboxylic acids is 3. The van der Waals surface area contributed by atoms with Crippen LogP contribution in [0.5, 0.6) is 0 Å². The number of imide groups is 1. The van der Waals surface area contributed by atoms with Crippen LogP contribution < -0.4 is 0 Å². The molecule has 1 unspecified atom stereocenters. The number of amides is 2. The quantitative estimate of drug-likeness (QED) is 0.622. The van der Waals surface area contributed by atoms with E-state index in [1.165, 1.54) is 12.1 Å². The van der Waals surface area contributed by atoms with Crippen molar-refractivity contribution >= 4 is 24.1 Å². The molecule has 0 bridgehead atoms. The summed E-state index contributed by atoms with van der Waals surface area (Å²) in [4.78, 5) is 46.4. The Morgan fingerprint density at radius 3 is 2.16 bits per heavy atom. The van der Waals surface area contributed by atoms with Crippen molar-refractivity contribution in [3.63, 3.8) is 0 Å². The zero-order chi connectivity index (χ0) is 14.0. The van der Waals surface area contributed by atoms with Gasteiger partial charge in [0.2, 0.25) is 0 Å². The second-order valence-corrected chi connectivity index (χ2v) is 4.12. The number of aliphatic carboxylic acids is 1. The second-order valence-electron chi connectivity index (χ2n) is 4.12. The number of benzene rings is 1. The van der Waals surface area contributed by atoms with E-state index in [4.69, 9.17) is 5.11 Å². The number of aldehydes is 1. The minimum atomic E-state index is -1.31. The Kier molecular flexibility index (Phi) is 3.41. The van der Waals surface area contributed by atoms with E-state index < -0.39 is 23.8 Å². The van der Waals surface area contributed by atoms with Gasteiger partial charge in [-0.25, -0.2) is 4.79 Å². The molecule has 1 aromatic rings. The average molecular weight is 261 g/mol. The fraction of sp³-hybridized carbons (Fsp3) is 0.231. The summed E-state index contributed by atoms with van der Waals surface area (Å²) in [6, 6.07) is 4.86. The van der Waals surface area contributed by atoms with E-state index in [1.807, 2.05) is 0 Å². The summed E-state index contributed by atoms with van der Waals surface area (Å²) in [5, 5.41) is 9.11. The molecule has 0 fully saturated rings. The van der Waals surface area contributed by atoms with Gasteiger partial charge in [0.25, 0.3) is 11.8 Å². The van der Waals surface area contributed by atoms with E-state index in [9.17, 15) is 19.2 Å². The maximum Gasteiger partial charge on any atom is 0.326 e. The first-order valence-electron chi connectivity index (χ1n) is 5.71. The molecule has 1 aromatic carbocycles. The van der Waals surface area contributed by atoms with Gasteiger partial charge in [0, 0.05) is 6.42 Å². The number of carboxylic acid groups (broad SMARTS) is 1. The van der Waals surface area contributed by atoms with Crippen LogP contribution in [-0.4, -0.2) is 40.1 Å². The van der Waals surface area contributed by atoms with Crippen molar-refractivity contribution in [1.29, 1.82) is 0 Å². The van der Waals surface area contributed by atoms with Crippen LogP contribution in [0.25, 0.3) is 0 Å². The number of carbonyl (C=O) groups is 4. The van der Waals surface area contributed by atoms with Crippen LogP contribution in [0, 0.1) is 0 Å². The highest BCUT2D eigenvalue weighted by Crippen LogP contribution is 2.25. The van der Waals surface area contributed by atoms with Gasteiger partial charge in [-0.3, -0.25) is 14.5 Å². The van der Waals surface area contributed by atoms with E-state index >= 15 is 0 Å². The predicted octanol–water partition coefficient (Wildman–Crippen LogP) is 0.715. The van der Waals surface area contributed by atoms with Gasteiger partial charge in [-0.2, -0.15) is 0 Å². The van der Waals surface area contributed by atoms with Crippen LogP contribution in [0.3, 0.4) is 0 Å². The highest BCUT2D eigenvalue weighted by Gasteiger charge is 2.42. The van der Waals surface area contributed by atoms with Crippen molar-refractivity contribution in [3.05, 3.63) is 35.4 Å². The molecule has 6 nitrogen and oxygen atoms in total. The first-order chi connectivity index (χ1) is 9.07. The van der Waals surface area contributed by atoms with E-state index in [-0.39, 0.29) is 24.0 Å². The fourth-order valence-corrected chi connectivity index (χ4v) is 2.08. The summed E-state index contributed by atoms with van der Waals surface area (Å²) < 4.78 is 0. The lowest BCUT2D eigenvalue weighted by molar-refractivity contribution is -0.141. The number of hydrogen-bond donors (Lipinski definition) is 1. The van der Waals surface area contributed by atoms with Crippen LogP contribution in [0.2, 0.25) is 0 Å². The summed E-state index contributed by atoms with van der Waals surface area (Å²) in [7, 11) is 0. The molecule has 0 saturated carbocycles. The Labute approximate surface area is 108 Å². The summed E-state index contributed by atoms with van der Waals surface area (Å²) in [6.45, 7) is 0. The van der Waals surface area contributed by atoms with Gasteiger partial charge < -0.3 is 9.90 Å². The molecule has 1 aliphatic rings. The Morgan fingerprint density at radius 1 is 1.21 bits per heavy atom. The van der Waals surface area contributed by atoms with E-state index in [1.54, 1.807) is 12.1 Å². The lowest BCUT2D eigenvalue weighted by Crippen LogP contribution is -2.44. The highest BCUT2D eigenvalue weighted by molar-refractivity contribution is 6.22. The van der Waals surface area contributed by atoms with Crippen molar-refractivity contribution < 1.29 is 24.3 Å². The molecule has 1 aliphatic heterocycles. The van der Waals surface area contributed by atoms with Gasteiger partial charge in [0.1, 0.15) is 12.3 Å². The number of fused-ring (bicyclic) bond motifs is 1. The van der Waals surface area contributed by atoms with Crippen molar-refractivity contribution in [2.24, 2.45) is 0 Å². The Morgan fingerprint density at radius 2 is 1.74 bits per heavy atom. The molecule has 1 N–H and O–H groups in total. The predicted molar refractivity (Wildman–Crippen MR) is 63.7 cm³/mol. The number of carboxylic acids is 1. The second kappa shape index (κ2) is 5.01. The summed E-state index contributed by atoms with van der Waals surface area (Å²) >= 11 is 0. The third-order valence-electron chi connectivity index (χ3n) is 2.98. The van der Waals surface area contributed by atoms with Crippen LogP contribution in [0.15, 0.2) is 24.3 Å². The Hall–Kier alpha value is -2.50. The molecule has 1 atom stereocenters. The van der Waals surface area contributed by atoms with Crippen LogP contribution >= 0.6 is 0 Å². The molecule has 2 amide bonds. The van der Waals surface area contributed by atoms with Gasteiger partial charge in [-0.15, -0.1) is 0 Å². The van der Waals surface area contributed by atoms with E-state index in [0.717, 1.165) is 4.90 Å². The molecule has 0 spiro atoms. The molecule has 0 saturated heterocycles. The minimum Gasteiger partial charge on any atom is -0.480 e. The standard InChI is InChI=1S/C13H11NO5/c15-7-3-6-10(13(18)19)14-11(16)8-4-1-2-5-9(8)12(14)17/h1-2,4-5,7,10H,3,6H2,(H,18,19).